The van der Waals surface area contributed by atoms with Gasteiger partial charge in [-0.2, -0.15) is 5.10 Å². The summed E-state index contributed by atoms with van der Waals surface area (Å²) in [5.41, 5.74) is 3.32. The van der Waals surface area contributed by atoms with Crippen LogP contribution < -0.4 is 20.7 Å². The first-order chi connectivity index (χ1) is 32.4. The number of carboxylic acid groups (broad SMARTS) is 1. The molecule has 3 aliphatic heterocycles. The summed E-state index contributed by atoms with van der Waals surface area (Å²) in [5, 5.41) is 24.1. The molecule has 20 heteroatoms. The Morgan fingerprint density at radius 1 is 0.926 bits per heavy atom. The summed E-state index contributed by atoms with van der Waals surface area (Å²) in [7, 11) is -3.69. The van der Waals surface area contributed by atoms with Crippen LogP contribution in [-0.4, -0.2) is 113 Å². The average molecular weight is 989 g/mol. The topological polar surface area (TPSA) is 219 Å². The van der Waals surface area contributed by atoms with Gasteiger partial charge in [0.05, 0.1) is 40.3 Å². The second-order valence-corrected chi connectivity index (χ2v) is 21.7. The van der Waals surface area contributed by atoms with E-state index >= 15 is 0 Å². The van der Waals surface area contributed by atoms with Crippen molar-refractivity contribution >= 4 is 84.9 Å². The van der Waals surface area contributed by atoms with E-state index in [2.05, 4.69) is 20.9 Å². The Bertz CT molecular complexity index is 2840. The van der Waals surface area contributed by atoms with Crippen LogP contribution >= 0.6 is 22.9 Å². The molecule has 5 aromatic rings. The lowest BCUT2D eigenvalue weighted by atomic mass is 9.93. The Morgan fingerprint density at radius 3 is 2.37 bits per heavy atom. The summed E-state index contributed by atoms with van der Waals surface area (Å²) in [6.07, 6.45) is 3.30. The number of aliphatic carboxylic acids is 1. The summed E-state index contributed by atoms with van der Waals surface area (Å²) < 4.78 is 41.9. The number of aromatic nitrogens is 2. The number of piperidine rings is 3. The Hall–Kier alpha value is -5.86. The van der Waals surface area contributed by atoms with Gasteiger partial charge in [0.1, 0.15) is 10.6 Å². The van der Waals surface area contributed by atoms with Crippen LogP contribution in [0.4, 0.5) is 11.4 Å². The molecule has 360 valence electrons. The monoisotopic (exact) mass is 987 g/mol. The van der Waals surface area contributed by atoms with E-state index in [1.807, 2.05) is 53.2 Å². The van der Waals surface area contributed by atoms with Crippen LogP contribution in [0.3, 0.4) is 0 Å². The van der Waals surface area contributed by atoms with E-state index in [-0.39, 0.29) is 64.2 Å². The van der Waals surface area contributed by atoms with Gasteiger partial charge in [-0.25, -0.2) is 22.3 Å². The molecule has 3 saturated heterocycles. The molecule has 3 fully saturated rings. The maximum Gasteiger partial charge on any atom is 0.352 e. The fraction of sp³-hybridized carbons (Fsp3) is 0.417. The molecule has 68 heavy (non-hydrogen) atoms. The number of rotatable bonds is 15. The first kappa shape index (κ1) is 48.6. The maximum atomic E-state index is 13.7. The molecule has 5 heterocycles. The van der Waals surface area contributed by atoms with Crippen molar-refractivity contribution in [1.29, 1.82) is 0 Å². The Labute approximate surface area is 403 Å². The van der Waals surface area contributed by atoms with Crippen LogP contribution in [0, 0.1) is 0 Å². The summed E-state index contributed by atoms with van der Waals surface area (Å²) in [4.78, 5) is 64.8. The molecule has 4 N–H and O–H groups in total. The number of hydrogen-bond donors (Lipinski definition) is 4. The van der Waals surface area contributed by atoms with Crippen LogP contribution in [-0.2, 0) is 39.7 Å². The van der Waals surface area contributed by atoms with Crippen LogP contribution in [0.25, 0.3) is 21.3 Å². The van der Waals surface area contributed by atoms with Gasteiger partial charge < -0.3 is 25.2 Å². The Kier molecular flexibility index (Phi) is 14.6. The lowest BCUT2D eigenvalue weighted by Gasteiger charge is -2.32. The molecular weight excluding hydrogens is 934 g/mol. The number of benzene rings is 3. The average Bonchev–Trinajstić information content (AvgIpc) is 3.83. The quantitative estimate of drug-likeness (QED) is 0.0612. The number of amides is 3. The molecular formula is C48H54ClN7O10S2. The zero-order valence-corrected chi connectivity index (χ0v) is 40.3. The van der Waals surface area contributed by atoms with E-state index in [1.165, 1.54) is 4.31 Å². The van der Waals surface area contributed by atoms with Gasteiger partial charge in [-0.1, -0.05) is 54.1 Å². The number of nitrogens with zero attached hydrogens (tertiary/aromatic N) is 4. The van der Waals surface area contributed by atoms with Crippen molar-refractivity contribution in [2.75, 3.05) is 50.0 Å². The third-order valence-corrected chi connectivity index (χ3v) is 15.6. The predicted molar refractivity (Wildman–Crippen MR) is 259 cm³/mol. The molecule has 0 aliphatic carbocycles. The number of nitrogens with one attached hydrogen (secondary N) is 3. The highest BCUT2D eigenvalue weighted by atomic mass is 35.5. The Morgan fingerprint density at radius 2 is 1.65 bits per heavy atom. The molecule has 0 radical (unpaired) electrons. The number of carbonyl (C=O) groups excluding carboxylic acids is 4. The van der Waals surface area contributed by atoms with E-state index in [1.54, 1.807) is 45.0 Å². The van der Waals surface area contributed by atoms with Crippen molar-refractivity contribution in [2.45, 2.75) is 88.7 Å². The third-order valence-electron chi connectivity index (χ3n) is 12.1. The number of halogens is 1. The molecule has 2 aromatic heterocycles. The number of sulfonamides is 1. The highest BCUT2D eigenvalue weighted by molar-refractivity contribution is 7.88. The highest BCUT2D eigenvalue weighted by Crippen LogP contribution is 2.47. The minimum Gasteiger partial charge on any atom is -0.479 e. The molecule has 0 saturated carbocycles. The van der Waals surface area contributed by atoms with Gasteiger partial charge in [-0.3, -0.25) is 29.3 Å². The number of imide groups is 1. The van der Waals surface area contributed by atoms with Gasteiger partial charge in [-0.15, -0.1) is 11.3 Å². The molecule has 3 aromatic carbocycles. The van der Waals surface area contributed by atoms with Gasteiger partial charge in [0.2, 0.25) is 27.7 Å². The van der Waals surface area contributed by atoms with E-state index in [0.717, 1.165) is 40.8 Å². The van der Waals surface area contributed by atoms with E-state index < -0.39 is 40.1 Å². The van der Waals surface area contributed by atoms with Gasteiger partial charge in [-0.05, 0) is 94.3 Å². The van der Waals surface area contributed by atoms with Crippen molar-refractivity contribution in [2.24, 2.45) is 0 Å². The zero-order valence-electron chi connectivity index (χ0n) is 38.0. The molecule has 0 bridgehead atoms. The van der Waals surface area contributed by atoms with Gasteiger partial charge in [0, 0.05) is 55.4 Å². The van der Waals surface area contributed by atoms with Crippen molar-refractivity contribution in [1.82, 2.24) is 24.3 Å². The number of thiophene rings is 1. The van der Waals surface area contributed by atoms with E-state index in [4.69, 9.17) is 26.2 Å². The number of para-hydroxylation sites is 1. The number of carbonyl (C=O) groups is 5. The molecule has 3 amide bonds. The Balaban J connectivity index is 0.823. The fourth-order valence-corrected chi connectivity index (χ4v) is 11.9. The van der Waals surface area contributed by atoms with Crippen molar-refractivity contribution in [3.05, 3.63) is 94.0 Å². The molecule has 1 unspecified atom stereocenters. The second kappa shape index (κ2) is 20.4. The van der Waals surface area contributed by atoms with Crippen molar-refractivity contribution in [3.63, 3.8) is 0 Å². The molecule has 8 rings (SSSR count). The minimum absolute atomic E-state index is 0.0325. The number of ether oxygens (including phenoxy) is 2. The summed E-state index contributed by atoms with van der Waals surface area (Å²) >= 11 is 7.76. The van der Waals surface area contributed by atoms with Crippen molar-refractivity contribution in [3.8, 4) is 16.2 Å². The first-order valence-electron chi connectivity index (χ1n) is 22.6. The zero-order chi connectivity index (χ0) is 48.3. The number of anilines is 2. The number of fused-ring (bicyclic) bond motifs is 1. The number of hydrogen-bond acceptors (Lipinski definition) is 13. The first-order valence-corrected chi connectivity index (χ1v) is 25.4. The molecule has 17 nitrogen and oxygen atoms in total. The van der Waals surface area contributed by atoms with Crippen LogP contribution in [0.5, 0.6) is 5.75 Å². The number of esters is 1. The molecule has 0 spiro atoms. The molecule has 3 aliphatic rings. The third kappa shape index (κ3) is 11.5. The van der Waals surface area contributed by atoms with E-state index in [0.29, 0.717) is 72.8 Å². The molecule has 1 atom stereocenters. The lowest BCUT2D eigenvalue weighted by Crippen LogP contribution is -2.42. The SMILES string of the molecule is CC(C)(C)OC(=O)c1sc(-c2cccc(NC3CCN(S(=O)(=O)Cc4cccc(NC(=O)CN5CCC(n6nc(C7CCC(=O)NC7=O)c7ccccc76)CC5)c4)CC3)c2)c(Cl)c1OCC(=O)O. The summed E-state index contributed by atoms with van der Waals surface area (Å²) in [6, 6.07) is 22.2. The normalized spacial score (nSPS) is 18.0. The smallest absolute Gasteiger partial charge is 0.352 e. The lowest BCUT2D eigenvalue weighted by molar-refractivity contribution is -0.139. The van der Waals surface area contributed by atoms with Crippen LogP contribution in [0.15, 0.2) is 72.8 Å². The highest BCUT2D eigenvalue weighted by Gasteiger charge is 2.34. The van der Waals surface area contributed by atoms with Gasteiger partial charge in [0.25, 0.3) is 0 Å². The standard InChI is InChI=1S/C48H54ClN7O10S2/c1-48(2,3)66-47(62)45-43(65-27-40(59)60)41(49)44(67-45)30-9-7-11-33(25-30)50-31-16-22-55(23-17-31)68(63,64)28-29-8-6-10-32(24-29)51-39(58)26-54-20-18-34(19-21-54)56-37-13-5-4-12-35(37)42(53-56)36-14-15-38(57)52-46(36)61/h4-13,24-25,31,34,36,50H,14-23,26-28H2,1-3H3,(H,51,58)(H,59,60)(H,52,57,61). The maximum absolute atomic E-state index is 13.7. The van der Waals surface area contributed by atoms with Crippen LogP contribution in [0.2, 0.25) is 5.02 Å². The van der Waals surface area contributed by atoms with Crippen molar-refractivity contribution < 1.29 is 47.0 Å². The van der Waals surface area contributed by atoms with Crippen LogP contribution in [0.1, 0.15) is 92.2 Å². The second-order valence-electron chi connectivity index (χ2n) is 18.3. The minimum atomic E-state index is -3.69. The summed E-state index contributed by atoms with van der Waals surface area (Å²) in [6.45, 7) is 6.59. The number of likely N-dealkylation sites (tertiary alicyclic amines) is 1. The summed E-state index contributed by atoms with van der Waals surface area (Å²) in [5.74, 6) is -3.45. The fourth-order valence-electron chi connectivity index (χ4n) is 8.94. The van der Waals surface area contributed by atoms with Gasteiger partial charge in [0.15, 0.2) is 17.2 Å². The van der Waals surface area contributed by atoms with E-state index in [9.17, 15) is 37.5 Å². The largest absolute Gasteiger partial charge is 0.479 e. The van der Waals surface area contributed by atoms with Gasteiger partial charge >= 0.3 is 11.9 Å². The predicted octanol–water partition coefficient (Wildman–Crippen LogP) is 7.04. The number of carboxylic acids is 1.